The van der Waals surface area contributed by atoms with Gasteiger partial charge in [-0.3, -0.25) is 9.97 Å². The fourth-order valence-electron chi connectivity index (χ4n) is 2.99. The zero-order chi connectivity index (χ0) is 24.2. The van der Waals surface area contributed by atoms with Gasteiger partial charge in [0.2, 0.25) is 0 Å². The summed E-state index contributed by atoms with van der Waals surface area (Å²) in [6.45, 7) is 20.4. The number of nitrogens with zero attached hydrogens (tertiary/aromatic N) is 2. The Balaban J connectivity index is 0.000000211. The van der Waals surface area contributed by atoms with Crippen LogP contribution in [0.2, 0.25) is 0 Å². The summed E-state index contributed by atoms with van der Waals surface area (Å²) in [5.74, 6) is 0. The van der Waals surface area contributed by atoms with Crippen molar-refractivity contribution in [1.29, 1.82) is 0 Å². The maximum atomic E-state index is 5.90. The molecule has 0 saturated carbocycles. The summed E-state index contributed by atoms with van der Waals surface area (Å²) in [6, 6.07) is 7.69. The average Bonchev–Trinajstić information content (AvgIpc) is 3.11. The Morgan fingerprint density at radius 3 is 1.34 bits per heavy atom. The van der Waals surface area contributed by atoms with Crippen LogP contribution in [0.3, 0.4) is 0 Å². The van der Waals surface area contributed by atoms with Gasteiger partial charge in [0.05, 0.1) is 22.4 Å². The summed E-state index contributed by atoms with van der Waals surface area (Å²) in [5, 5.41) is 0. The first kappa shape index (κ1) is 26.5. The third-order valence-corrected chi connectivity index (χ3v) is 6.44. The van der Waals surface area contributed by atoms with Crippen molar-refractivity contribution < 1.29 is 18.6 Å². The third kappa shape index (κ3) is 5.79. The predicted octanol–water partition coefficient (Wildman–Crippen LogP) is 3.79. The molecule has 2 aliphatic heterocycles. The van der Waals surface area contributed by atoms with Crippen LogP contribution >= 0.6 is 0 Å². The standard InChI is InChI=1S/2C11H16BNO2.C2H6/c1-10(2)11(3,4)15-12(14-10)9-5-7-13-8-6-9;1-10(2)11(3,4)15-12(14-10)9-6-5-7-13-8-9;1-2/h2*5-8H,1-4H3;1-2H3. The summed E-state index contributed by atoms with van der Waals surface area (Å²) >= 11 is 0. The quantitative estimate of drug-likeness (QED) is 0.663. The first-order valence-electron chi connectivity index (χ1n) is 11.4. The lowest BCUT2D eigenvalue weighted by molar-refractivity contribution is 0.00578. The van der Waals surface area contributed by atoms with Crippen LogP contribution in [0, 0.1) is 0 Å². The van der Waals surface area contributed by atoms with Gasteiger partial charge < -0.3 is 18.6 Å². The lowest BCUT2D eigenvalue weighted by Crippen LogP contribution is -2.41. The highest BCUT2D eigenvalue weighted by Crippen LogP contribution is 2.37. The topological polar surface area (TPSA) is 62.7 Å². The molecule has 6 nitrogen and oxygen atoms in total. The third-order valence-electron chi connectivity index (χ3n) is 6.44. The molecule has 174 valence electrons. The van der Waals surface area contributed by atoms with E-state index in [-0.39, 0.29) is 36.6 Å². The Hall–Kier alpha value is -1.73. The van der Waals surface area contributed by atoms with E-state index < -0.39 is 0 Å². The SMILES string of the molecule is CC.CC1(C)OB(c2cccnc2)OC1(C)C.CC1(C)OB(c2ccncc2)OC1(C)C. The van der Waals surface area contributed by atoms with Crippen molar-refractivity contribution in [2.45, 2.75) is 91.6 Å². The molecule has 2 aromatic heterocycles. The van der Waals surface area contributed by atoms with Gasteiger partial charge in [-0.1, -0.05) is 19.9 Å². The van der Waals surface area contributed by atoms with E-state index in [4.69, 9.17) is 18.6 Å². The second-order valence-electron chi connectivity index (χ2n) is 9.74. The highest BCUT2D eigenvalue weighted by Gasteiger charge is 2.52. The van der Waals surface area contributed by atoms with Crippen molar-refractivity contribution in [2.75, 3.05) is 0 Å². The van der Waals surface area contributed by atoms with Gasteiger partial charge in [0.1, 0.15) is 0 Å². The van der Waals surface area contributed by atoms with E-state index >= 15 is 0 Å². The van der Waals surface area contributed by atoms with Gasteiger partial charge in [-0.25, -0.2) is 0 Å². The summed E-state index contributed by atoms with van der Waals surface area (Å²) < 4.78 is 23.6. The fraction of sp³-hybridized carbons (Fsp3) is 0.583. The Morgan fingerprint density at radius 1 is 0.562 bits per heavy atom. The molecule has 2 aromatic rings. The highest BCUT2D eigenvalue weighted by atomic mass is 16.7. The largest absolute Gasteiger partial charge is 0.496 e. The van der Waals surface area contributed by atoms with Crippen LogP contribution in [-0.2, 0) is 18.6 Å². The van der Waals surface area contributed by atoms with Gasteiger partial charge in [-0.15, -0.1) is 0 Å². The molecule has 4 rings (SSSR count). The molecule has 32 heavy (non-hydrogen) atoms. The van der Waals surface area contributed by atoms with Gasteiger partial charge in [-0.2, -0.15) is 0 Å². The van der Waals surface area contributed by atoms with E-state index in [9.17, 15) is 0 Å². The zero-order valence-corrected chi connectivity index (χ0v) is 21.3. The van der Waals surface area contributed by atoms with E-state index in [1.807, 2.05) is 93.5 Å². The molecule has 2 aliphatic rings. The number of rotatable bonds is 2. The van der Waals surface area contributed by atoms with Crippen LogP contribution in [0.5, 0.6) is 0 Å². The van der Waals surface area contributed by atoms with E-state index in [1.54, 1.807) is 24.8 Å². The van der Waals surface area contributed by atoms with Crippen molar-refractivity contribution >= 4 is 25.2 Å². The van der Waals surface area contributed by atoms with Crippen molar-refractivity contribution in [3.63, 3.8) is 0 Å². The molecule has 0 aliphatic carbocycles. The summed E-state index contributed by atoms with van der Waals surface area (Å²) in [6.07, 6.45) is 7.03. The normalized spacial score (nSPS) is 21.8. The van der Waals surface area contributed by atoms with Crippen LogP contribution in [0.25, 0.3) is 0 Å². The minimum Gasteiger partial charge on any atom is -0.399 e. The Bertz CT molecular complexity index is 742. The number of hydrogen-bond donors (Lipinski definition) is 0. The first-order chi connectivity index (χ1) is 14.8. The summed E-state index contributed by atoms with van der Waals surface area (Å²) in [5.41, 5.74) is 0.864. The van der Waals surface area contributed by atoms with Gasteiger partial charge in [0.25, 0.3) is 0 Å². The Morgan fingerprint density at radius 2 is 0.969 bits per heavy atom. The molecule has 0 amide bonds. The average molecular weight is 440 g/mol. The lowest BCUT2D eigenvalue weighted by atomic mass is 9.80. The van der Waals surface area contributed by atoms with E-state index in [0.29, 0.717) is 0 Å². The molecule has 2 fully saturated rings. The molecule has 4 heterocycles. The molecular weight excluding hydrogens is 402 g/mol. The number of aromatic nitrogens is 2. The highest BCUT2D eigenvalue weighted by molar-refractivity contribution is 6.62. The molecule has 0 atom stereocenters. The summed E-state index contributed by atoms with van der Waals surface area (Å²) in [4.78, 5) is 8.04. The van der Waals surface area contributed by atoms with Crippen LogP contribution < -0.4 is 10.9 Å². The number of hydrogen-bond acceptors (Lipinski definition) is 6. The van der Waals surface area contributed by atoms with Gasteiger partial charge in [-0.05, 0) is 79.1 Å². The van der Waals surface area contributed by atoms with E-state index in [1.165, 1.54) is 0 Å². The molecule has 0 bridgehead atoms. The van der Waals surface area contributed by atoms with Crippen molar-refractivity contribution in [2.24, 2.45) is 0 Å². The molecule has 0 unspecified atom stereocenters. The van der Waals surface area contributed by atoms with Crippen LogP contribution in [0.4, 0.5) is 0 Å². The maximum Gasteiger partial charge on any atom is 0.496 e. The molecule has 2 saturated heterocycles. The predicted molar refractivity (Wildman–Crippen MR) is 131 cm³/mol. The van der Waals surface area contributed by atoms with Gasteiger partial charge >= 0.3 is 14.2 Å². The molecule has 8 heteroatoms. The molecule has 0 radical (unpaired) electrons. The molecular formula is C24H38B2N2O4. The fourth-order valence-corrected chi connectivity index (χ4v) is 2.99. The first-order valence-corrected chi connectivity index (χ1v) is 11.4. The Labute approximate surface area is 194 Å². The van der Waals surface area contributed by atoms with Crippen LogP contribution in [0.1, 0.15) is 69.2 Å². The molecule has 0 N–H and O–H groups in total. The number of pyridine rings is 2. The Kier molecular flexibility index (Phi) is 8.32. The van der Waals surface area contributed by atoms with Crippen molar-refractivity contribution in [3.8, 4) is 0 Å². The second-order valence-corrected chi connectivity index (χ2v) is 9.74. The minimum absolute atomic E-state index is 0.277. The monoisotopic (exact) mass is 440 g/mol. The maximum absolute atomic E-state index is 5.90. The van der Waals surface area contributed by atoms with E-state index in [2.05, 4.69) is 9.97 Å². The van der Waals surface area contributed by atoms with Crippen LogP contribution in [-0.4, -0.2) is 46.6 Å². The van der Waals surface area contributed by atoms with Gasteiger partial charge in [0.15, 0.2) is 0 Å². The lowest BCUT2D eigenvalue weighted by Gasteiger charge is -2.32. The van der Waals surface area contributed by atoms with Crippen molar-refractivity contribution in [3.05, 3.63) is 49.1 Å². The second kappa shape index (κ2) is 10.0. The van der Waals surface area contributed by atoms with Gasteiger partial charge in [0, 0.05) is 30.3 Å². The molecule has 0 aromatic carbocycles. The zero-order valence-electron chi connectivity index (χ0n) is 21.3. The van der Waals surface area contributed by atoms with Crippen molar-refractivity contribution in [1.82, 2.24) is 9.97 Å². The van der Waals surface area contributed by atoms with E-state index in [0.717, 1.165) is 10.9 Å². The van der Waals surface area contributed by atoms with Crippen LogP contribution in [0.15, 0.2) is 49.1 Å². The molecule has 0 spiro atoms. The summed E-state index contributed by atoms with van der Waals surface area (Å²) in [7, 11) is -0.582. The minimum atomic E-state index is -0.302. The smallest absolute Gasteiger partial charge is 0.399 e.